The van der Waals surface area contributed by atoms with E-state index in [-0.39, 0.29) is 12.5 Å². The molecule has 0 aliphatic rings. The molecule has 19 heavy (non-hydrogen) atoms. The predicted octanol–water partition coefficient (Wildman–Crippen LogP) is -1.34. The molecule has 0 aromatic rings. The van der Waals surface area contributed by atoms with Gasteiger partial charge >= 0.3 is 0 Å². The van der Waals surface area contributed by atoms with Crippen LogP contribution in [0.25, 0.3) is 0 Å². The van der Waals surface area contributed by atoms with Gasteiger partial charge in [-0.05, 0) is 6.42 Å². The fourth-order valence-electron chi connectivity index (χ4n) is 0.961. The highest BCUT2D eigenvalue weighted by Crippen LogP contribution is 1.94. The first-order valence-corrected chi connectivity index (χ1v) is 7.57. The standard InChI is InChI=1S/C10H21N5O3S/c1-11-10(16)7-13-9-14-8-12-5-4-6-15(2)19(3,17)18/h8-9H,4-7H2,1-3H3,(H,11,16)(H,12,13,14). The van der Waals surface area contributed by atoms with Crippen molar-refractivity contribution in [3.63, 3.8) is 0 Å². The van der Waals surface area contributed by atoms with Crippen LogP contribution in [0.5, 0.6) is 0 Å². The van der Waals surface area contributed by atoms with Crippen LogP contribution in [-0.2, 0) is 14.8 Å². The Kier molecular flexibility index (Phi) is 8.71. The predicted molar refractivity (Wildman–Crippen MR) is 76.0 cm³/mol. The molecule has 0 saturated carbocycles. The van der Waals surface area contributed by atoms with Gasteiger partial charge in [0.05, 0.1) is 18.9 Å². The van der Waals surface area contributed by atoms with Crippen molar-refractivity contribution in [3.05, 3.63) is 0 Å². The van der Waals surface area contributed by atoms with Gasteiger partial charge in [-0.15, -0.1) is 0 Å². The topological polar surface area (TPSA) is 103 Å². The summed E-state index contributed by atoms with van der Waals surface area (Å²) in [6.45, 7) is 1.01. The summed E-state index contributed by atoms with van der Waals surface area (Å²) < 4.78 is 23.4. The molecule has 0 unspecified atom stereocenters. The van der Waals surface area contributed by atoms with Crippen LogP contribution in [0, 0.1) is 0 Å². The summed E-state index contributed by atoms with van der Waals surface area (Å²) in [5.74, 6) is -0.168. The highest BCUT2D eigenvalue weighted by atomic mass is 32.2. The molecule has 0 spiro atoms. The second kappa shape index (κ2) is 9.45. The first-order chi connectivity index (χ1) is 8.88. The molecular weight excluding hydrogens is 270 g/mol. The van der Waals surface area contributed by atoms with Crippen LogP contribution in [0.15, 0.2) is 9.98 Å². The van der Waals surface area contributed by atoms with E-state index < -0.39 is 10.0 Å². The van der Waals surface area contributed by atoms with Gasteiger partial charge in [-0.25, -0.2) is 12.7 Å². The maximum Gasteiger partial charge on any atom is 0.241 e. The fraction of sp³-hybridized carbons (Fsp3) is 0.700. The largest absolute Gasteiger partial charge is 0.358 e. The van der Waals surface area contributed by atoms with Gasteiger partial charge in [0.25, 0.3) is 0 Å². The molecule has 0 aromatic carbocycles. The van der Waals surface area contributed by atoms with Gasteiger partial charge < -0.3 is 10.6 Å². The molecule has 8 nitrogen and oxygen atoms in total. The summed E-state index contributed by atoms with van der Waals surface area (Å²) >= 11 is 0. The summed E-state index contributed by atoms with van der Waals surface area (Å²) in [6.07, 6.45) is 4.63. The third kappa shape index (κ3) is 10.2. The van der Waals surface area contributed by atoms with Crippen molar-refractivity contribution in [1.29, 1.82) is 0 Å². The molecule has 0 radical (unpaired) electrons. The lowest BCUT2D eigenvalue weighted by Crippen LogP contribution is -2.26. The van der Waals surface area contributed by atoms with Gasteiger partial charge in [0, 0.05) is 27.2 Å². The molecule has 0 rings (SSSR count). The number of amides is 1. The van der Waals surface area contributed by atoms with Crippen molar-refractivity contribution in [3.8, 4) is 0 Å². The lowest BCUT2D eigenvalue weighted by atomic mass is 10.4. The maximum absolute atomic E-state index is 11.1. The van der Waals surface area contributed by atoms with E-state index in [0.717, 1.165) is 0 Å². The van der Waals surface area contributed by atoms with Gasteiger partial charge in [-0.3, -0.25) is 14.8 Å². The van der Waals surface area contributed by atoms with E-state index in [9.17, 15) is 13.2 Å². The van der Waals surface area contributed by atoms with Crippen LogP contribution in [0.1, 0.15) is 6.42 Å². The molecule has 0 saturated heterocycles. The van der Waals surface area contributed by atoms with Gasteiger partial charge in [-0.2, -0.15) is 0 Å². The van der Waals surface area contributed by atoms with Gasteiger partial charge in [0.15, 0.2) is 0 Å². The highest BCUT2D eigenvalue weighted by Gasteiger charge is 2.08. The van der Waals surface area contributed by atoms with E-state index in [4.69, 9.17) is 0 Å². The zero-order chi connectivity index (χ0) is 14.7. The molecule has 0 atom stereocenters. The van der Waals surface area contributed by atoms with E-state index in [1.54, 1.807) is 7.05 Å². The van der Waals surface area contributed by atoms with E-state index in [0.29, 0.717) is 19.5 Å². The van der Waals surface area contributed by atoms with E-state index in [2.05, 4.69) is 20.6 Å². The van der Waals surface area contributed by atoms with E-state index in [1.165, 1.54) is 30.3 Å². The zero-order valence-electron chi connectivity index (χ0n) is 11.5. The number of nitrogens with one attached hydrogen (secondary N) is 2. The number of hydrogen-bond acceptors (Lipinski definition) is 5. The minimum Gasteiger partial charge on any atom is -0.358 e. The average Bonchev–Trinajstić information content (AvgIpc) is 2.34. The first kappa shape index (κ1) is 17.5. The third-order valence-corrected chi connectivity index (χ3v) is 3.49. The minimum absolute atomic E-state index is 0.0660. The van der Waals surface area contributed by atoms with Crippen molar-refractivity contribution in [2.24, 2.45) is 9.98 Å². The zero-order valence-corrected chi connectivity index (χ0v) is 12.3. The third-order valence-electron chi connectivity index (χ3n) is 2.17. The molecule has 0 fully saturated rings. The van der Waals surface area contributed by atoms with Crippen LogP contribution in [0.3, 0.4) is 0 Å². The Balaban J connectivity index is 3.63. The van der Waals surface area contributed by atoms with Crippen molar-refractivity contribution < 1.29 is 13.2 Å². The molecule has 0 aliphatic carbocycles. The van der Waals surface area contributed by atoms with Crippen molar-refractivity contribution in [1.82, 2.24) is 14.9 Å². The molecule has 0 heterocycles. The maximum atomic E-state index is 11.1. The molecule has 0 bridgehead atoms. The number of rotatable bonds is 9. The fourth-order valence-corrected chi connectivity index (χ4v) is 1.42. The Labute approximate surface area is 114 Å². The summed E-state index contributed by atoms with van der Waals surface area (Å²) in [7, 11) is -0.0391. The van der Waals surface area contributed by atoms with E-state index in [1.807, 2.05) is 0 Å². The molecular formula is C10H21N5O3S. The van der Waals surface area contributed by atoms with Crippen LogP contribution in [0.4, 0.5) is 0 Å². The molecule has 110 valence electrons. The number of sulfonamides is 1. The van der Waals surface area contributed by atoms with Gasteiger partial charge in [0.1, 0.15) is 6.54 Å². The molecule has 0 aliphatic heterocycles. The van der Waals surface area contributed by atoms with Crippen molar-refractivity contribution in [2.75, 3.05) is 40.0 Å². The Morgan fingerprint density at radius 2 is 1.95 bits per heavy atom. The number of hydrogen-bond donors (Lipinski definition) is 2. The Morgan fingerprint density at radius 3 is 2.53 bits per heavy atom. The average molecular weight is 291 g/mol. The summed E-state index contributed by atoms with van der Waals surface area (Å²) in [6, 6.07) is 0. The second-order valence-corrected chi connectivity index (χ2v) is 5.87. The second-order valence-electron chi connectivity index (χ2n) is 3.78. The summed E-state index contributed by atoms with van der Waals surface area (Å²) in [4.78, 5) is 18.6. The first-order valence-electron chi connectivity index (χ1n) is 5.72. The van der Waals surface area contributed by atoms with Crippen molar-refractivity contribution >= 4 is 28.6 Å². The van der Waals surface area contributed by atoms with Crippen LogP contribution >= 0.6 is 0 Å². The number of carbonyl (C=O) groups is 1. The van der Waals surface area contributed by atoms with Crippen LogP contribution < -0.4 is 10.6 Å². The number of nitrogens with zero attached hydrogens (tertiary/aromatic N) is 3. The lowest BCUT2D eigenvalue weighted by molar-refractivity contribution is -0.119. The Bertz CT molecular complexity index is 419. The Hall–Kier alpha value is -1.48. The molecule has 9 heteroatoms. The van der Waals surface area contributed by atoms with E-state index >= 15 is 0 Å². The minimum atomic E-state index is -3.11. The van der Waals surface area contributed by atoms with Crippen LogP contribution in [-0.4, -0.2) is 71.3 Å². The number of carbonyl (C=O) groups excluding carboxylic acids is 1. The monoisotopic (exact) mass is 291 g/mol. The molecule has 0 aromatic heterocycles. The number of aliphatic imine (C=N–C) groups is 2. The SMILES string of the molecule is CNC(=O)CN=CNC=NCCCN(C)S(C)(=O)=O. The van der Waals surface area contributed by atoms with Gasteiger partial charge in [0.2, 0.25) is 15.9 Å². The summed E-state index contributed by atoms with van der Waals surface area (Å²) in [5, 5.41) is 5.13. The normalized spacial score (nSPS) is 12.4. The Morgan fingerprint density at radius 1 is 1.32 bits per heavy atom. The highest BCUT2D eigenvalue weighted by molar-refractivity contribution is 7.88. The molecule has 1 amide bonds. The molecule has 2 N–H and O–H groups in total. The number of likely N-dealkylation sites (N-methyl/N-ethyl adjacent to an activating group) is 1. The van der Waals surface area contributed by atoms with Crippen LogP contribution in [0.2, 0.25) is 0 Å². The van der Waals surface area contributed by atoms with Gasteiger partial charge in [-0.1, -0.05) is 0 Å². The lowest BCUT2D eigenvalue weighted by Gasteiger charge is -2.12. The smallest absolute Gasteiger partial charge is 0.241 e. The van der Waals surface area contributed by atoms with Crippen molar-refractivity contribution in [2.45, 2.75) is 6.42 Å². The summed E-state index contributed by atoms with van der Waals surface area (Å²) in [5.41, 5.74) is 0. The quantitative estimate of drug-likeness (QED) is 0.312.